The van der Waals surface area contributed by atoms with Gasteiger partial charge in [-0.3, -0.25) is 4.79 Å². The van der Waals surface area contributed by atoms with Gasteiger partial charge in [0.25, 0.3) is 5.91 Å². The third-order valence-corrected chi connectivity index (χ3v) is 4.93. The van der Waals surface area contributed by atoms with Crippen LogP contribution in [-0.4, -0.2) is 14.7 Å². The summed E-state index contributed by atoms with van der Waals surface area (Å²) in [6.07, 6.45) is 0. The maximum atomic E-state index is 12.6. The number of amides is 1. The summed E-state index contributed by atoms with van der Waals surface area (Å²) in [6, 6.07) is 20.9. The standard InChI is InChI=1S/C21H17N3O2S/c1-14-20(24-27-23-14)13-26-17-11-9-16(10-12-17)21(25)22-19-8-4-6-15-5-2-3-7-18(15)19/h2-12H,13H2,1H3,(H,22,25). The van der Waals surface area contributed by atoms with Gasteiger partial charge >= 0.3 is 0 Å². The first-order valence-electron chi connectivity index (χ1n) is 8.51. The Morgan fingerprint density at radius 2 is 1.78 bits per heavy atom. The quantitative estimate of drug-likeness (QED) is 0.543. The number of anilines is 1. The minimum atomic E-state index is -0.155. The third kappa shape index (κ3) is 3.80. The number of aromatic nitrogens is 2. The van der Waals surface area contributed by atoms with E-state index in [-0.39, 0.29) is 5.91 Å². The van der Waals surface area contributed by atoms with E-state index < -0.39 is 0 Å². The molecule has 0 atom stereocenters. The van der Waals surface area contributed by atoms with E-state index in [4.69, 9.17) is 4.74 Å². The molecule has 1 heterocycles. The van der Waals surface area contributed by atoms with E-state index in [1.54, 1.807) is 24.3 Å². The summed E-state index contributed by atoms with van der Waals surface area (Å²) in [6.45, 7) is 2.27. The summed E-state index contributed by atoms with van der Waals surface area (Å²) in [7, 11) is 0. The molecule has 1 N–H and O–H groups in total. The van der Waals surface area contributed by atoms with Crippen LogP contribution in [0.5, 0.6) is 5.75 Å². The Morgan fingerprint density at radius 3 is 2.56 bits per heavy atom. The second-order valence-corrected chi connectivity index (χ2v) is 6.62. The number of carbonyl (C=O) groups is 1. The topological polar surface area (TPSA) is 64.1 Å². The van der Waals surface area contributed by atoms with Crippen LogP contribution in [0.4, 0.5) is 5.69 Å². The maximum Gasteiger partial charge on any atom is 0.255 e. The van der Waals surface area contributed by atoms with E-state index in [1.165, 1.54) is 11.7 Å². The van der Waals surface area contributed by atoms with Crippen molar-refractivity contribution in [2.24, 2.45) is 0 Å². The predicted octanol–water partition coefficient (Wildman–Crippen LogP) is 4.83. The van der Waals surface area contributed by atoms with E-state index in [0.717, 1.165) is 27.8 Å². The van der Waals surface area contributed by atoms with Gasteiger partial charge in [0.2, 0.25) is 0 Å². The molecular weight excluding hydrogens is 358 g/mol. The van der Waals surface area contributed by atoms with Gasteiger partial charge in [-0.1, -0.05) is 36.4 Å². The normalized spacial score (nSPS) is 10.7. The average molecular weight is 375 g/mol. The van der Waals surface area contributed by atoms with Crippen molar-refractivity contribution in [2.45, 2.75) is 13.5 Å². The Bertz CT molecular complexity index is 1080. The highest BCUT2D eigenvalue weighted by Gasteiger charge is 2.09. The molecule has 1 aromatic heterocycles. The fraction of sp³-hybridized carbons (Fsp3) is 0.0952. The van der Waals surface area contributed by atoms with Gasteiger partial charge in [0.15, 0.2) is 0 Å². The van der Waals surface area contributed by atoms with Crippen LogP contribution in [0.25, 0.3) is 10.8 Å². The molecule has 1 amide bonds. The Balaban J connectivity index is 1.45. The molecule has 134 valence electrons. The number of ether oxygens (including phenoxy) is 1. The van der Waals surface area contributed by atoms with Crippen LogP contribution in [0, 0.1) is 6.92 Å². The van der Waals surface area contributed by atoms with Crippen LogP contribution in [0.15, 0.2) is 66.7 Å². The predicted molar refractivity (Wildman–Crippen MR) is 107 cm³/mol. The van der Waals surface area contributed by atoms with Crippen molar-refractivity contribution < 1.29 is 9.53 Å². The molecule has 0 radical (unpaired) electrons. The molecule has 0 aliphatic heterocycles. The minimum absolute atomic E-state index is 0.155. The van der Waals surface area contributed by atoms with Crippen LogP contribution < -0.4 is 10.1 Å². The summed E-state index contributed by atoms with van der Waals surface area (Å²) >= 11 is 1.18. The molecule has 0 bridgehead atoms. The lowest BCUT2D eigenvalue weighted by molar-refractivity contribution is 0.102. The van der Waals surface area contributed by atoms with Crippen LogP contribution in [0.2, 0.25) is 0 Å². The highest BCUT2D eigenvalue weighted by molar-refractivity contribution is 6.99. The van der Waals surface area contributed by atoms with Crippen molar-refractivity contribution in [3.63, 3.8) is 0 Å². The first kappa shape index (κ1) is 17.2. The van der Waals surface area contributed by atoms with Crippen molar-refractivity contribution in [1.82, 2.24) is 8.75 Å². The maximum absolute atomic E-state index is 12.6. The minimum Gasteiger partial charge on any atom is -0.487 e. The van der Waals surface area contributed by atoms with Gasteiger partial charge in [-0.2, -0.15) is 8.75 Å². The largest absolute Gasteiger partial charge is 0.487 e. The van der Waals surface area contributed by atoms with Crippen LogP contribution >= 0.6 is 11.7 Å². The molecule has 3 aromatic carbocycles. The number of aryl methyl sites for hydroxylation is 1. The number of benzene rings is 3. The fourth-order valence-electron chi connectivity index (χ4n) is 2.76. The summed E-state index contributed by atoms with van der Waals surface area (Å²) in [5, 5.41) is 5.09. The number of fused-ring (bicyclic) bond motifs is 1. The monoisotopic (exact) mass is 375 g/mol. The molecule has 6 heteroatoms. The van der Waals surface area contributed by atoms with Gasteiger partial charge in [0.1, 0.15) is 18.1 Å². The van der Waals surface area contributed by atoms with E-state index in [2.05, 4.69) is 14.1 Å². The van der Waals surface area contributed by atoms with Crippen molar-refractivity contribution in [2.75, 3.05) is 5.32 Å². The Kier molecular flexibility index (Phi) is 4.80. The van der Waals surface area contributed by atoms with Gasteiger partial charge in [-0.25, -0.2) is 0 Å². The molecule has 0 fully saturated rings. The lowest BCUT2D eigenvalue weighted by Crippen LogP contribution is -2.12. The molecule has 0 aliphatic rings. The zero-order valence-electron chi connectivity index (χ0n) is 14.7. The first-order chi connectivity index (χ1) is 13.2. The highest BCUT2D eigenvalue weighted by atomic mass is 32.1. The van der Waals surface area contributed by atoms with Crippen molar-refractivity contribution >= 4 is 34.1 Å². The third-order valence-electron chi connectivity index (χ3n) is 4.28. The van der Waals surface area contributed by atoms with Gasteiger partial charge in [-0.15, -0.1) is 0 Å². The van der Waals surface area contributed by atoms with Gasteiger partial charge in [0, 0.05) is 16.6 Å². The number of nitrogens with one attached hydrogen (secondary N) is 1. The molecule has 5 nitrogen and oxygen atoms in total. The molecular formula is C21H17N3O2S. The summed E-state index contributed by atoms with van der Waals surface area (Å²) in [4.78, 5) is 12.6. The molecule has 0 saturated carbocycles. The lowest BCUT2D eigenvalue weighted by Gasteiger charge is -2.09. The number of hydrogen-bond donors (Lipinski definition) is 1. The Labute approximate surface area is 161 Å². The number of carbonyl (C=O) groups excluding carboxylic acids is 1. The summed E-state index contributed by atoms with van der Waals surface area (Å²) in [5.74, 6) is 0.529. The molecule has 27 heavy (non-hydrogen) atoms. The first-order valence-corrected chi connectivity index (χ1v) is 9.24. The second kappa shape index (κ2) is 7.55. The molecule has 0 unspecified atom stereocenters. The van der Waals surface area contributed by atoms with E-state index in [0.29, 0.717) is 17.9 Å². The van der Waals surface area contributed by atoms with E-state index in [9.17, 15) is 4.79 Å². The molecule has 0 spiro atoms. The van der Waals surface area contributed by atoms with Gasteiger partial charge < -0.3 is 10.1 Å². The number of hydrogen-bond acceptors (Lipinski definition) is 5. The fourth-order valence-corrected chi connectivity index (χ4v) is 3.32. The van der Waals surface area contributed by atoms with Crippen molar-refractivity contribution in [3.05, 3.63) is 83.7 Å². The van der Waals surface area contributed by atoms with Crippen molar-refractivity contribution in [1.29, 1.82) is 0 Å². The smallest absolute Gasteiger partial charge is 0.255 e. The van der Waals surface area contributed by atoms with E-state index >= 15 is 0 Å². The number of rotatable bonds is 5. The second-order valence-electron chi connectivity index (χ2n) is 6.09. The summed E-state index contributed by atoms with van der Waals surface area (Å²) in [5.41, 5.74) is 3.08. The molecule has 0 aliphatic carbocycles. The Morgan fingerprint density at radius 1 is 1.00 bits per heavy atom. The zero-order chi connectivity index (χ0) is 18.6. The molecule has 0 saturated heterocycles. The van der Waals surface area contributed by atoms with Crippen LogP contribution in [0.3, 0.4) is 0 Å². The summed E-state index contributed by atoms with van der Waals surface area (Å²) < 4.78 is 14.0. The molecule has 4 rings (SSSR count). The molecule has 4 aromatic rings. The van der Waals surface area contributed by atoms with Crippen molar-refractivity contribution in [3.8, 4) is 5.75 Å². The van der Waals surface area contributed by atoms with Crippen LogP contribution in [0.1, 0.15) is 21.7 Å². The van der Waals surface area contributed by atoms with Crippen LogP contribution in [-0.2, 0) is 6.61 Å². The lowest BCUT2D eigenvalue weighted by atomic mass is 10.1. The highest BCUT2D eigenvalue weighted by Crippen LogP contribution is 2.24. The SMILES string of the molecule is Cc1nsnc1COc1ccc(C(=O)Nc2cccc3ccccc23)cc1. The van der Waals surface area contributed by atoms with Gasteiger partial charge in [0.05, 0.1) is 17.4 Å². The Hall–Kier alpha value is -3.25. The average Bonchev–Trinajstić information content (AvgIpc) is 3.12. The van der Waals surface area contributed by atoms with E-state index in [1.807, 2.05) is 49.4 Å². The zero-order valence-corrected chi connectivity index (χ0v) is 15.5. The van der Waals surface area contributed by atoms with Gasteiger partial charge in [-0.05, 0) is 42.6 Å². The number of nitrogens with zero attached hydrogens (tertiary/aromatic N) is 2.